The van der Waals surface area contributed by atoms with Crippen molar-refractivity contribution in [3.05, 3.63) is 57.3 Å². The molecule has 24 heavy (non-hydrogen) atoms. The van der Waals surface area contributed by atoms with Gasteiger partial charge in [-0.3, -0.25) is 4.79 Å². The topological polar surface area (TPSA) is 92.3 Å². The van der Waals surface area contributed by atoms with Gasteiger partial charge in [-0.15, -0.1) is 11.3 Å². The van der Waals surface area contributed by atoms with Crippen molar-refractivity contribution in [3.63, 3.8) is 0 Å². The number of nitrogens with zero attached hydrogens (tertiary/aromatic N) is 1. The van der Waals surface area contributed by atoms with Crippen molar-refractivity contribution in [2.75, 3.05) is 11.9 Å². The van der Waals surface area contributed by atoms with Gasteiger partial charge in [0.05, 0.1) is 5.56 Å². The van der Waals surface area contributed by atoms with E-state index >= 15 is 0 Å². The predicted octanol–water partition coefficient (Wildman–Crippen LogP) is 3.05. The van der Waals surface area contributed by atoms with Gasteiger partial charge in [0.2, 0.25) is 0 Å². The highest BCUT2D eigenvalue weighted by Crippen LogP contribution is 2.23. The number of fused-ring (bicyclic) bond motifs is 1. The third-order valence-electron chi connectivity index (χ3n) is 3.33. The normalized spacial score (nSPS) is 10.3. The first-order valence-electron chi connectivity index (χ1n) is 7.01. The van der Waals surface area contributed by atoms with E-state index < -0.39 is 5.63 Å². The van der Waals surface area contributed by atoms with Crippen LogP contribution < -0.4 is 15.7 Å². The summed E-state index contributed by atoms with van der Waals surface area (Å²) in [5.74, 6) is 0.131. The molecular formula is C17H12N2O4S. The Labute approximate surface area is 140 Å². The lowest BCUT2D eigenvalue weighted by atomic mass is 10.1. The average Bonchev–Trinajstić information content (AvgIpc) is 3.00. The zero-order valence-corrected chi connectivity index (χ0v) is 13.5. The number of hydrogen-bond acceptors (Lipinski definition) is 6. The first-order valence-corrected chi connectivity index (χ1v) is 7.89. The summed E-state index contributed by atoms with van der Waals surface area (Å²) in [4.78, 5) is 23.3. The lowest BCUT2D eigenvalue weighted by Gasteiger charge is -2.08. The van der Waals surface area contributed by atoms with Gasteiger partial charge >= 0.3 is 5.63 Å². The molecule has 0 bridgehead atoms. The maximum absolute atomic E-state index is 11.9. The summed E-state index contributed by atoms with van der Waals surface area (Å²) >= 11 is 1.28. The number of carbonyl (C=O) groups is 1. The largest absolute Gasteiger partial charge is 0.484 e. The maximum Gasteiger partial charge on any atom is 0.336 e. The number of anilines is 1. The second-order valence-corrected chi connectivity index (χ2v) is 5.93. The number of nitriles is 1. The summed E-state index contributed by atoms with van der Waals surface area (Å²) in [6.45, 7) is 1.61. The molecule has 0 radical (unpaired) electrons. The molecule has 0 unspecified atom stereocenters. The summed E-state index contributed by atoms with van der Waals surface area (Å²) < 4.78 is 10.6. The zero-order valence-electron chi connectivity index (χ0n) is 12.7. The molecule has 0 saturated carbocycles. The average molecular weight is 340 g/mol. The number of carbonyl (C=O) groups excluding carboxylic acids is 1. The molecular weight excluding hydrogens is 328 g/mol. The highest BCUT2D eigenvalue weighted by atomic mass is 32.1. The predicted molar refractivity (Wildman–Crippen MR) is 90.4 cm³/mol. The van der Waals surface area contributed by atoms with Gasteiger partial charge in [0.1, 0.15) is 22.4 Å². The van der Waals surface area contributed by atoms with Crippen LogP contribution in [0.2, 0.25) is 0 Å². The smallest absolute Gasteiger partial charge is 0.336 e. The Hall–Kier alpha value is -3.11. The van der Waals surface area contributed by atoms with Gasteiger partial charge in [-0.2, -0.15) is 5.26 Å². The van der Waals surface area contributed by atoms with E-state index in [-0.39, 0.29) is 12.5 Å². The number of nitrogens with one attached hydrogen (secondary N) is 1. The van der Waals surface area contributed by atoms with Crippen LogP contribution in [0.25, 0.3) is 11.0 Å². The summed E-state index contributed by atoms with van der Waals surface area (Å²) in [5.41, 5.74) is 1.25. The molecule has 0 atom stereocenters. The fraction of sp³-hybridized carbons (Fsp3) is 0.118. The molecule has 120 valence electrons. The molecule has 2 heterocycles. The number of thiophene rings is 1. The van der Waals surface area contributed by atoms with Crippen LogP contribution in [0.15, 0.2) is 44.9 Å². The Morgan fingerprint density at radius 3 is 3.00 bits per heavy atom. The number of amides is 1. The van der Waals surface area contributed by atoms with E-state index in [1.165, 1.54) is 17.4 Å². The summed E-state index contributed by atoms with van der Waals surface area (Å²) in [7, 11) is 0. The van der Waals surface area contributed by atoms with Crippen LogP contribution >= 0.6 is 11.3 Å². The van der Waals surface area contributed by atoms with Crippen molar-refractivity contribution in [1.29, 1.82) is 5.26 Å². The SMILES string of the molecule is Cc1cc(=O)oc2ccc(OCC(=O)Nc3sccc3C#N)cc12. The number of aryl methyl sites for hydroxylation is 1. The van der Waals surface area contributed by atoms with E-state index in [0.29, 0.717) is 21.9 Å². The first-order chi connectivity index (χ1) is 11.6. The molecule has 0 aliphatic rings. The van der Waals surface area contributed by atoms with Crippen molar-refractivity contribution in [2.24, 2.45) is 0 Å². The van der Waals surface area contributed by atoms with Crippen molar-refractivity contribution >= 4 is 33.2 Å². The minimum absolute atomic E-state index is 0.190. The monoisotopic (exact) mass is 340 g/mol. The van der Waals surface area contributed by atoms with Crippen molar-refractivity contribution in [3.8, 4) is 11.8 Å². The molecule has 0 saturated heterocycles. The number of rotatable bonds is 4. The lowest BCUT2D eigenvalue weighted by molar-refractivity contribution is -0.118. The minimum atomic E-state index is -0.405. The molecule has 1 aromatic carbocycles. The maximum atomic E-state index is 11.9. The van der Waals surface area contributed by atoms with Crippen LogP contribution in [0.3, 0.4) is 0 Å². The Balaban J connectivity index is 1.70. The Kier molecular flexibility index (Phi) is 4.31. The van der Waals surface area contributed by atoms with Crippen LogP contribution in [-0.2, 0) is 4.79 Å². The molecule has 0 fully saturated rings. The Morgan fingerprint density at radius 1 is 1.38 bits per heavy atom. The third kappa shape index (κ3) is 3.29. The van der Waals surface area contributed by atoms with E-state index in [2.05, 4.69) is 5.32 Å². The van der Waals surface area contributed by atoms with E-state index in [1.807, 2.05) is 6.07 Å². The molecule has 1 amide bonds. The zero-order chi connectivity index (χ0) is 17.1. The molecule has 6 nitrogen and oxygen atoms in total. The highest BCUT2D eigenvalue weighted by molar-refractivity contribution is 7.14. The van der Waals surface area contributed by atoms with Gasteiger partial charge in [0, 0.05) is 11.5 Å². The summed E-state index contributed by atoms with van der Waals surface area (Å²) in [6, 6.07) is 10.0. The van der Waals surface area contributed by atoms with Crippen LogP contribution in [0.1, 0.15) is 11.1 Å². The molecule has 3 aromatic rings. The van der Waals surface area contributed by atoms with Crippen LogP contribution in [0.5, 0.6) is 5.75 Å². The molecule has 0 aliphatic carbocycles. The number of hydrogen-bond donors (Lipinski definition) is 1. The molecule has 0 aliphatic heterocycles. The molecule has 2 aromatic heterocycles. The van der Waals surface area contributed by atoms with Crippen LogP contribution in [0, 0.1) is 18.3 Å². The van der Waals surface area contributed by atoms with Gasteiger partial charge in [-0.1, -0.05) is 0 Å². The highest BCUT2D eigenvalue weighted by Gasteiger charge is 2.10. The quantitative estimate of drug-likeness (QED) is 0.737. The van der Waals surface area contributed by atoms with Crippen molar-refractivity contribution in [2.45, 2.75) is 6.92 Å². The minimum Gasteiger partial charge on any atom is -0.484 e. The molecule has 3 rings (SSSR count). The third-order valence-corrected chi connectivity index (χ3v) is 4.16. The van der Waals surface area contributed by atoms with Gasteiger partial charge in [0.25, 0.3) is 5.91 Å². The summed E-state index contributed by atoms with van der Waals surface area (Å²) in [5, 5.41) is 14.5. The summed E-state index contributed by atoms with van der Waals surface area (Å²) in [6.07, 6.45) is 0. The van der Waals surface area contributed by atoms with Gasteiger partial charge in [-0.05, 0) is 42.1 Å². The molecule has 7 heteroatoms. The standard InChI is InChI=1S/C17H12N2O4S/c1-10-6-16(21)23-14-3-2-12(7-13(10)14)22-9-15(20)19-17-11(8-18)4-5-24-17/h2-7H,9H2,1H3,(H,19,20). The second kappa shape index (κ2) is 6.56. The fourth-order valence-corrected chi connectivity index (χ4v) is 2.95. The van der Waals surface area contributed by atoms with Crippen LogP contribution in [0.4, 0.5) is 5.00 Å². The Morgan fingerprint density at radius 2 is 2.21 bits per heavy atom. The second-order valence-electron chi connectivity index (χ2n) is 5.02. The van der Waals surface area contributed by atoms with Gasteiger partial charge < -0.3 is 14.5 Å². The van der Waals surface area contributed by atoms with Crippen molar-refractivity contribution < 1.29 is 13.9 Å². The Bertz CT molecular complexity index is 1010. The number of benzene rings is 1. The molecule has 0 spiro atoms. The lowest BCUT2D eigenvalue weighted by Crippen LogP contribution is -2.20. The first kappa shape index (κ1) is 15.8. The van der Waals surface area contributed by atoms with E-state index in [1.54, 1.807) is 36.6 Å². The van der Waals surface area contributed by atoms with Crippen LogP contribution in [-0.4, -0.2) is 12.5 Å². The fourth-order valence-electron chi connectivity index (χ4n) is 2.19. The van der Waals surface area contributed by atoms with Gasteiger partial charge in [0.15, 0.2) is 6.61 Å². The molecule has 1 N–H and O–H groups in total. The van der Waals surface area contributed by atoms with E-state index in [4.69, 9.17) is 14.4 Å². The van der Waals surface area contributed by atoms with E-state index in [9.17, 15) is 9.59 Å². The van der Waals surface area contributed by atoms with Crippen molar-refractivity contribution in [1.82, 2.24) is 0 Å². The number of ether oxygens (including phenoxy) is 1. The van der Waals surface area contributed by atoms with Gasteiger partial charge in [-0.25, -0.2) is 4.79 Å². The van der Waals surface area contributed by atoms with E-state index in [0.717, 1.165) is 10.9 Å².